The SMILES string of the molecule is Cl.O=C(NCC1CCCN(Cc2nc3ccsc3c(=O)[nH]2)C1)C1CCCN1. The van der Waals surface area contributed by atoms with Crippen molar-refractivity contribution in [2.45, 2.75) is 38.3 Å². The molecule has 3 N–H and O–H groups in total. The van der Waals surface area contributed by atoms with Gasteiger partial charge >= 0.3 is 0 Å². The van der Waals surface area contributed by atoms with Crippen LogP contribution in [0, 0.1) is 5.92 Å². The van der Waals surface area contributed by atoms with Crippen molar-refractivity contribution in [3.05, 3.63) is 27.6 Å². The maximum atomic E-state index is 12.2. The number of carbonyl (C=O) groups excluding carboxylic acids is 1. The maximum Gasteiger partial charge on any atom is 0.268 e. The van der Waals surface area contributed by atoms with E-state index in [4.69, 9.17) is 0 Å². The van der Waals surface area contributed by atoms with E-state index < -0.39 is 0 Å². The van der Waals surface area contributed by atoms with Gasteiger partial charge in [0.05, 0.1) is 18.1 Å². The van der Waals surface area contributed by atoms with Crippen LogP contribution in [0.25, 0.3) is 10.2 Å². The van der Waals surface area contributed by atoms with E-state index in [0.29, 0.717) is 17.2 Å². The van der Waals surface area contributed by atoms with Crippen LogP contribution in [0.2, 0.25) is 0 Å². The number of aromatic amines is 1. The highest BCUT2D eigenvalue weighted by Gasteiger charge is 2.25. The first-order valence-electron chi connectivity index (χ1n) is 9.39. The molecular formula is C18H26ClN5O2S. The van der Waals surface area contributed by atoms with Gasteiger partial charge in [-0.15, -0.1) is 23.7 Å². The van der Waals surface area contributed by atoms with Crippen LogP contribution in [-0.2, 0) is 11.3 Å². The first kappa shape index (κ1) is 20.3. The third kappa shape index (κ3) is 4.87. The summed E-state index contributed by atoms with van der Waals surface area (Å²) < 4.78 is 0.688. The zero-order chi connectivity index (χ0) is 17.9. The maximum absolute atomic E-state index is 12.2. The molecule has 2 saturated heterocycles. The van der Waals surface area contributed by atoms with Gasteiger partial charge in [-0.05, 0) is 56.1 Å². The fourth-order valence-corrected chi connectivity index (χ4v) is 4.67. The Bertz CT molecular complexity index is 833. The zero-order valence-electron chi connectivity index (χ0n) is 15.2. The van der Waals surface area contributed by atoms with Crippen molar-refractivity contribution in [1.29, 1.82) is 0 Å². The largest absolute Gasteiger partial charge is 0.354 e. The molecule has 0 aliphatic carbocycles. The molecule has 2 aliphatic heterocycles. The first-order chi connectivity index (χ1) is 12.7. The van der Waals surface area contributed by atoms with Crippen LogP contribution in [0.4, 0.5) is 0 Å². The predicted octanol–water partition coefficient (Wildman–Crippen LogP) is 1.49. The third-order valence-corrected chi connectivity index (χ3v) is 6.18. The molecule has 2 aromatic rings. The summed E-state index contributed by atoms with van der Waals surface area (Å²) in [5, 5.41) is 8.25. The molecule has 2 aliphatic rings. The van der Waals surface area contributed by atoms with Gasteiger partial charge in [0.1, 0.15) is 10.5 Å². The molecule has 148 valence electrons. The summed E-state index contributed by atoms with van der Waals surface area (Å²) in [6, 6.07) is 1.88. The highest BCUT2D eigenvalue weighted by atomic mass is 35.5. The molecular weight excluding hydrogens is 386 g/mol. The van der Waals surface area contributed by atoms with Crippen molar-refractivity contribution in [1.82, 2.24) is 25.5 Å². The van der Waals surface area contributed by atoms with Crippen LogP contribution in [-0.4, -0.2) is 53.0 Å². The van der Waals surface area contributed by atoms with Gasteiger partial charge in [-0.1, -0.05) is 0 Å². The van der Waals surface area contributed by atoms with Crippen LogP contribution >= 0.6 is 23.7 Å². The normalized spacial score (nSPS) is 23.3. The molecule has 2 aromatic heterocycles. The summed E-state index contributed by atoms with van der Waals surface area (Å²) in [7, 11) is 0. The minimum absolute atomic E-state index is 0. The fourth-order valence-electron chi connectivity index (χ4n) is 3.95. The minimum atomic E-state index is -0.0510. The van der Waals surface area contributed by atoms with Crippen molar-refractivity contribution in [3.8, 4) is 0 Å². The van der Waals surface area contributed by atoms with E-state index in [0.717, 1.165) is 63.2 Å². The topological polar surface area (TPSA) is 90.1 Å². The first-order valence-corrected chi connectivity index (χ1v) is 10.3. The molecule has 0 bridgehead atoms. The van der Waals surface area contributed by atoms with Crippen molar-refractivity contribution in [2.24, 2.45) is 5.92 Å². The highest BCUT2D eigenvalue weighted by molar-refractivity contribution is 7.17. The molecule has 2 unspecified atom stereocenters. The molecule has 27 heavy (non-hydrogen) atoms. The van der Waals surface area contributed by atoms with Gasteiger partial charge in [-0.25, -0.2) is 4.98 Å². The number of carbonyl (C=O) groups is 1. The molecule has 4 rings (SSSR count). The molecule has 0 saturated carbocycles. The number of amides is 1. The van der Waals surface area contributed by atoms with E-state index in [2.05, 4.69) is 25.5 Å². The van der Waals surface area contributed by atoms with Crippen LogP contribution in [0.3, 0.4) is 0 Å². The minimum Gasteiger partial charge on any atom is -0.354 e. The summed E-state index contributed by atoms with van der Waals surface area (Å²) in [5.41, 5.74) is 0.725. The summed E-state index contributed by atoms with van der Waals surface area (Å²) in [6.07, 6.45) is 4.25. The fraction of sp³-hybridized carbons (Fsp3) is 0.611. The van der Waals surface area contributed by atoms with E-state index in [1.807, 2.05) is 11.4 Å². The Morgan fingerprint density at radius 1 is 1.37 bits per heavy atom. The molecule has 9 heteroatoms. The van der Waals surface area contributed by atoms with Gasteiger partial charge in [-0.2, -0.15) is 0 Å². The van der Waals surface area contributed by atoms with Gasteiger partial charge in [0.25, 0.3) is 5.56 Å². The Labute approximate surface area is 168 Å². The standard InChI is InChI=1S/C18H25N5O2S.ClH/c24-17(14-4-1-6-19-14)20-9-12-3-2-7-23(10-12)11-15-21-13-5-8-26-16(13)18(25)22-15;/h5,8,12,14,19H,1-4,6-7,9-11H2,(H,20,24)(H,21,22,25);1H. The Morgan fingerprint density at radius 2 is 2.26 bits per heavy atom. The Morgan fingerprint density at radius 3 is 3.07 bits per heavy atom. The number of hydrogen-bond donors (Lipinski definition) is 3. The quantitative estimate of drug-likeness (QED) is 0.693. The van der Waals surface area contributed by atoms with Crippen LogP contribution in [0.5, 0.6) is 0 Å². The number of rotatable bonds is 5. The molecule has 4 heterocycles. The molecule has 2 fully saturated rings. The third-order valence-electron chi connectivity index (χ3n) is 5.28. The molecule has 7 nitrogen and oxygen atoms in total. The second-order valence-electron chi connectivity index (χ2n) is 7.29. The average Bonchev–Trinajstić information content (AvgIpc) is 3.32. The number of piperidine rings is 1. The molecule has 2 atom stereocenters. The van der Waals surface area contributed by atoms with Gasteiger partial charge in [-0.3, -0.25) is 14.5 Å². The summed E-state index contributed by atoms with van der Waals surface area (Å²) in [4.78, 5) is 34.1. The summed E-state index contributed by atoms with van der Waals surface area (Å²) >= 11 is 1.42. The van der Waals surface area contributed by atoms with Crippen molar-refractivity contribution in [2.75, 3.05) is 26.2 Å². The number of thiophene rings is 1. The number of nitrogens with one attached hydrogen (secondary N) is 3. The van der Waals surface area contributed by atoms with Crippen molar-refractivity contribution in [3.63, 3.8) is 0 Å². The lowest BCUT2D eigenvalue weighted by molar-refractivity contribution is -0.123. The van der Waals surface area contributed by atoms with Crippen LogP contribution < -0.4 is 16.2 Å². The van der Waals surface area contributed by atoms with Crippen LogP contribution in [0.15, 0.2) is 16.2 Å². The number of nitrogens with zero attached hydrogens (tertiary/aromatic N) is 2. The monoisotopic (exact) mass is 411 g/mol. The number of hydrogen-bond acceptors (Lipinski definition) is 6. The molecule has 0 spiro atoms. The van der Waals surface area contributed by atoms with Crippen molar-refractivity contribution < 1.29 is 4.79 Å². The lowest BCUT2D eigenvalue weighted by atomic mass is 9.98. The average molecular weight is 412 g/mol. The lowest BCUT2D eigenvalue weighted by Gasteiger charge is -2.32. The van der Waals surface area contributed by atoms with Gasteiger partial charge in [0, 0.05) is 13.1 Å². The van der Waals surface area contributed by atoms with E-state index >= 15 is 0 Å². The van der Waals surface area contributed by atoms with Crippen molar-refractivity contribution >= 4 is 39.9 Å². The van der Waals surface area contributed by atoms with Gasteiger partial charge in [0.2, 0.25) is 5.91 Å². The Hall–Kier alpha value is -1.48. The highest BCUT2D eigenvalue weighted by Crippen LogP contribution is 2.19. The lowest BCUT2D eigenvalue weighted by Crippen LogP contribution is -2.45. The number of H-pyrrole nitrogens is 1. The smallest absolute Gasteiger partial charge is 0.268 e. The molecule has 0 aromatic carbocycles. The van der Waals surface area contributed by atoms with E-state index in [-0.39, 0.29) is 29.9 Å². The summed E-state index contributed by atoms with van der Waals surface area (Å²) in [6.45, 7) is 4.23. The zero-order valence-corrected chi connectivity index (χ0v) is 16.8. The Balaban J connectivity index is 0.00000210. The second kappa shape index (κ2) is 9.14. The number of fused-ring (bicyclic) bond motifs is 1. The van der Waals surface area contributed by atoms with Gasteiger partial charge < -0.3 is 15.6 Å². The summed E-state index contributed by atoms with van der Waals surface area (Å²) in [5.74, 6) is 1.31. The van der Waals surface area contributed by atoms with E-state index in [1.165, 1.54) is 11.3 Å². The second-order valence-corrected chi connectivity index (χ2v) is 8.20. The van der Waals surface area contributed by atoms with E-state index in [9.17, 15) is 9.59 Å². The molecule has 1 amide bonds. The van der Waals surface area contributed by atoms with E-state index in [1.54, 1.807) is 0 Å². The number of likely N-dealkylation sites (tertiary alicyclic amines) is 1. The number of aromatic nitrogens is 2. The predicted molar refractivity (Wildman–Crippen MR) is 110 cm³/mol. The number of halogens is 1. The Kier molecular flexibility index (Phi) is 6.86. The van der Waals surface area contributed by atoms with Gasteiger partial charge in [0.15, 0.2) is 0 Å². The molecule has 0 radical (unpaired) electrons. The van der Waals surface area contributed by atoms with Crippen LogP contribution in [0.1, 0.15) is 31.5 Å².